The molecule has 1 atom stereocenters. The minimum absolute atomic E-state index is 0.0848. The molecule has 0 radical (unpaired) electrons. The normalized spacial score (nSPS) is 21.3. The SMILES string of the molecule is COc1ccc(C(c2nnnn2C2CCCCC2)N2CCN(C)CC2)cc1. The summed E-state index contributed by atoms with van der Waals surface area (Å²) in [6.07, 6.45) is 6.22. The molecule has 0 N–H and O–H groups in total. The first-order valence-electron chi connectivity index (χ1n) is 10.1. The molecule has 1 saturated carbocycles. The number of ether oxygens (including phenoxy) is 1. The van der Waals surface area contributed by atoms with E-state index in [-0.39, 0.29) is 6.04 Å². The van der Waals surface area contributed by atoms with Gasteiger partial charge in [-0.05, 0) is 48.0 Å². The van der Waals surface area contributed by atoms with Crippen molar-refractivity contribution in [2.45, 2.75) is 44.2 Å². The van der Waals surface area contributed by atoms with Gasteiger partial charge in [-0.15, -0.1) is 5.10 Å². The summed E-state index contributed by atoms with van der Waals surface area (Å²) in [5.74, 6) is 1.86. The summed E-state index contributed by atoms with van der Waals surface area (Å²) in [7, 11) is 3.89. The lowest BCUT2D eigenvalue weighted by Crippen LogP contribution is -2.46. The number of nitrogens with zero attached hydrogens (tertiary/aromatic N) is 6. The van der Waals surface area contributed by atoms with E-state index < -0.39 is 0 Å². The van der Waals surface area contributed by atoms with Crippen LogP contribution in [0.3, 0.4) is 0 Å². The van der Waals surface area contributed by atoms with Gasteiger partial charge in [0.05, 0.1) is 19.2 Å². The zero-order valence-corrected chi connectivity index (χ0v) is 16.4. The van der Waals surface area contributed by atoms with Crippen LogP contribution in [0.15, 0.2) is 24.3 Å². The first-order chi connectivity index (χ1) is 13.3. The maximum atomic E-state index is 5.35. The molecule has 7 nitrogen and oxygen atoms in total. The molecule has 27 heavy (non-hydrogen) atoms. The van der Waals surface area contributed by atoms with Crippen LogP contribution in [-0.4, -0.2) is 70.3 Å². The molecule has 2 aliphatic rings. The van der Waals surface area contributed by atoms with Gasteiger partial charge in [0.2, 0.25) is 0 Å². The van der Waals surface area contributed by atoms with Crippen molar-refractivity contribution >= 4 is 0 Å². The molecule has 1 unspecified atom stereocenters. The topological polar surface area (TPSA) is 59.3 Å². The molecular weight excluding hydrogens is 340 g/mol. The first kappa shape index (κ1) is 18.4. The molecule has 1 aliphatic carbocycles. The Hall–Kier alpha value is -1.99. The van der Waals surface area contributed by atoms with Gasteiger partial charge < -0.3 is 9.64 Å². The predicted octanol–water partition coefficient (Wildman–Crippen LogP) is 2.52. The maximum absolute atomic E-state index is 5.35. The Morgan fingerprint density at radius 3 is 2.37 bits per heavy atom. The zero-order valence-electron chi connectivity index (χ0n) is 16.4. The molecule has 1 aromatic carbocycles. The Balaban J connectivity index is 1.68. The van der Waals surface area contributed by atoms with E-state index in [4.69, 9.17) is 4.74 Å². The molecule has 1 saturated heterocycles. The molecule has 146 valence electrons. The van der Waals surface area contributed by atoms with E-state index in [1.165, 1.54) is 37.7 Å². The van der Waals surface area contributed by atoms with Gasteiger partial charge in [-0.2, -0.15) is 0 Å². The van der Waals surface area contributed by atoms with Crippen LogP contribution in [-0.2, 0) is 0 Å². The average molecular weight is 371 g/mol. The molecule has 7 heteroatoms. The van der Waals surface area contributed by atoms with Crippen LogP contribution >= 0.6 is 0 Å². The standard InChI is InChI=1S/C20H30N6O/c1-24-12-14-25(15-13-24)19(16-8-10-18(27-2)11-9-16)20-21-22-23-26(20)17-6-4-3-5-7-17/h8-11,17,19H,3-7,12-15H2,1-2H3. The fourth-order valence-corrected chi connectivity index (χ4v) is 4.36. The van der Waals surface area contributed by atoms with Crippen molar-refractivity contribution in [2.75, 3.05) is 40.3 Å². The third kappa shape index (κ3) is 3.99. The fourth-order valence-electron chi connectivity index (χ4n) is 4.36. The fraction of sp³-hybridized carbons (Fsp3) is 0.650. The van der Waals surface area contributed by atoms with Crippen LogP contribution in [0.5, 0.6) is 5.75 Å². The molecule has 2 aromatic rings. The van der Waals surface area contributed by atoms with E-state index in [0.29, 0.717) is 6.04 Å². The maximum Gasteiger partial charge on any atom is 0.173 e. The minimum Gasteiger partial charge on any atom is -0.497 e. The molecule has 2 fully saturated rings. The highest BCUT2D eigenvalue weighted by Gasteiger charge is 2.32. The number of methoxy groups -OCH3 is 1. The number of benzene rings is 1. The van der Waals surface area contributed by atoms with Crippen molar-refractivity contribution < 1.29 is 4.74 Å². The smallest absolute Gasteiger partial charge is 0.173 e. The predicted molar refractivity (Wildman–Crippen MR) is 104 cm³/mol. The van der Waals surface area contributed by atoms with Gasteiger partial charge in [0, 0.05) is 26.2 Å². The third-order valence-corrected chi connectivity index (χ3v) is 6.02. The van der Waals surface area contributed by atoms with Gasteiger partial charge in [0.15, 0.2) is 5.82 Å². The molecule has 0 spiro atoms. The van der Waals surface area contributed by atoms with Crippen molar-refractivity contribution in [3.8, 4) is 5.75 Å². The molecule has 0 bridgehead atoms. The molecule has 0 amide bonds. The van der Waals surface area contributed by atoms with E-state index in [2.05, 4.69) is 49.2 Å². The highest BCUT2D eigenvalue weighted by Crippen LogP contribution is 2.34. The Morgan fingerprint density at radius 2 is 1.70 bits per heavy atom. The Morgan fingerprint density at radius 1 is 1.00 bits per heavy atom. The lowest BCUT2D eigenvalue weighted by atomic mass is 9.95. The second kappa shape index (κ2) is 8.35. The number of likely N-dealkylation sites (N-methyl/N-ethyl adjacent to an activating group) is 1. The summed E-state index contributed by atoms with van der Waals surface area (Å²) < 4.78 is 7.47. The van der Waals surface area contributed by atoms with Crippen molar-refractivity contribution in [1.29, 1.82) is 0 Å². The third-order valence-electron chi connectivity index (χ3n) is 6.02. The first-order valence-corrected chi connectivity index (χ1v) is 10.1. The van der Waals surface area contributed by atoms with Crippen LogP contribution in [0.4, 0.5) is 0 Å². The average Bonchev–Trinajstić information content (AvgIpc) is 3.20. The molecule has 2 heterocycles. The van der Waals surface area contributed by atoms with E-state index >= 15 is 0 Å². The van der Waals surface area contributed by atoms with Crippen molar-refractivity contribution in [3.63, 3.8) is 0 Å². The van der Waals surface area contributed by atoms with Gasteiger partial charge in [-0.3, -0.25) is 4.90 Å². The monoisotopic (exact) mass is 370 g/mol. The Labute approximate surface area is 161 Å². The molecule has 1 aliphatic heterocycles. The lowest BCUT2D eigenvalue weighted by molar-refractivity contribution is 0.119. The Kier molecular flexibility index (Phi) is 5.69. The van der Waals surface area contributed by atoms with E-state index in [1.807, 2.05) is 12.1 Å². The van der Waals surface area contributed by atoms with Crippen LogP contribution in [0.2, 0.25) is 0 Å². The zero-order chi connectivity index (χ0) is 18.6. The number of hydrogen-bond donors (Lipinski definition) is 0. The summed E-state index contributed by atoms with van der Waals surface area (Å²) in [4.78, 5) is 4.90. The molecular formula is C20H30N6O. The number of rotatable bonds is 5. The molecule has 1 aromatic heterocycles. The Bertz CT molecular complexity index is 716. The van der Waals surface area contributed by atoms with E-state index in [0.717, 1.165) is 37.8 Å². The van der Waals surface area contributed by atoms with Gasteiger partial charge in [0.1, 0.15) is 5.75 Å². The van der Waals surface area contributed by atoms with Crippen LogP contribution in [0, 0.1) is 0 Å². The highest BCUT2D eigenvalue weighted by molar-refractivity contribution is 5.32. The highest BCUT2D eigenvalue weighted by atomic mass is 16.5. The van der Waals surface area contributed by atoms with Crippen LogP contribution in [0.1, 0.15) is 55.6 Å². The van der Waals surface area contributed by atoms with Gasteiger partial charge >= 0.3 is 0 Å². The van der Waals surface area contributed by atoms with Crippen molar-refractivity contribution in [1.82, 2.24) is 30.0 Å². The molecule has 4 rings (SSSR count). The van der Waals surface area contributed by atoms with Crippen molar-refractivity contribution in [2.24, 2.45) is 0 Å². The summed E-state index contributed by atoms with van der Waals surface area (Å²) in [6, 6.07) is 8.89. The second-order valence-electron chi connectivity index (χ2n) is 7.79. The summed E-state index contributed by atoms with van der Waals surface area (Å²) >= 11 is 0. The van der Waals surface area contributed by atoms with Gasteiger partial charge in [0.25, 0.3) is 0 Å². The summed E-state index contributed by atoms with van der Waals surface area (Å²) in [6.45, 7) is 4.17. The summed E-state index contributed by atoms with van der Waals surface area (Å²) in [5.41, 5.74) is 1.23. The van der Waals surface area contributed by atoms with E-state index in [1.54, 1.807) is 7.11 Å². The largest absolute Gasteiger partial charge is 0.497 e. The van der Waals surface area contributed by atoms with E-state index in [9.17, 15) is 0 Å². The number of hydrogen-bond acceptors (Lipinski definition) is 6. The lowest BCUT2D eigenvalue weighted by Gasteiger charge is -2.38. The van der Waals surface area contributed by atoms with Gasteiger partial charge in [-0.1, -0.05) is 31.4 Å². The number of piperazine rings is 1. The number of aromatic nitrogens is 4. The summed E-state index contributed by atoms with van der Waals surface area (Å²) in [5, 5.41) is 13.0. The second-order valence-corrected chi connectivity index (χ2v) is 7.79. The van der Waals surface area contributed by atoms with Crippen LogP contribution in [0.25, 0.3) is 0 Å². The quantitative estimate of drug-likeness (QED) is 0.806. The van der Waals surface area contributed by atoms with Gasteiger partial charge in [-0.25, -0.2) is 4.68 Å². The number of tetrazole rings is 1. The van der Waals surface area contributed by atoms with Crippen LogP contribution < -0.4 is 4.74 Å². The van der Waals surface area contributed by atoms with Crippen molar-refractivity contribution in [3.05, 3.63) is 35.7 Å². The minimum atomic E-state index is 0.0848.